The maximum Gasteiger partial charge on any atom is 0.317 e. The van der Waals surface area contributed by atoms with E-state index in [4.69, 9.17) is 0 Å². The van der Waals surface area contributed by atoms with Crippen LogP contribution in [-0.4, -0.2) is 30.1 Å². The van der Waals surface area contributed by atoms with Crippen LogP contribution in [0.1, 0.15) is 38.2 Å². The summed E-state index contributed by atoms with van der Waals surface area (Å²) in [5, 5.41) is 2.97. The first-order chi connectivity index (χ1) is 9.70. The Morgan fingerprint density at radius 2 is 2.10 bits per heavy atom. The van der Waals surface area contributed by atoms with E-state index in [1.807, 2.05) is 4.90 Å². The van der Waals surface area contributed by atoms with Crippen molar-refractivity contribution in [3.05, 3.63) is 35.6 Å². The number of urea groups is 1. The molecule has 0 saturated carbocycles. The van der Waals surface area contributed by atoms with E-state index in [0.29, 0.717) is 12.6 Å². The molecule has 1 aromatic carbocycles. The molecule has 1 N–H and O–H groups in total. The number of hydrogen-bond donors (Lipinski definition) is 1. The Morgan fingerprint density at radius 3 is 2.80 bits per heavy atom. The van der Waals surface area contributed by atoms with Crippen molar-refractivity contribution in [2.24, 2.45) is 0 Å². The first-order valence-electron chi connectivity index (χ1n) is 7.49. The molecule has 4 heteroatoms. The highest BCUT2D eigenvalue weighted by Gasteiger charge is 2.24. The molecule has 110 valence electrons. The molecule has 20 heavy (non-hydrogen) atoms. The van der Waals surface area contributed by atoms with Gasteiger partial charge < -0.3 is 10.2 Å². The average molecular weight is 278 g/mol. The van der Waals surface area contributed by atoms with Crippen molar-refractivity contribution in [1.82, 2.24) is 10.2 Å². The maximum absolute atomic E-state index is 12.8. The van der Waals surface area contributed by atoms with Crippen molar-refractivity contribution in [3.63, 3.8) is 0 Å². The Labute approximate surface area is 120 Å². The van der Waals surface area contributed by atoms with E-state index >= 15 is 0 Å². The molecule has 1 fully saturated rings. The van der Waals surface area contributed by atoms with E-state index < -0.39 is 0 Å². The van der Waals surface area contributed by atoms with Crippen molar-refractivity contribution in [2.75, 3.05) is 13.1 Å². The predicted octanol–water partition coefficient (Wildman–Crippen LogP) is 3.34. The second kappa shape index (κ2) is 7.27. The Hall–Kier alpha value is -1.58. The van der Waals surface area contributed by atoms with E-state index in [1.54, 1.807) is 12.1 Å². The minimum atomic E-state index is -0.225. The fourth-order valence-corrected chi connectivity index (χ4v) is 2.76. The zero-order valence-corrected chi connectivity index (χ0v) is 12.1. The molecule has 1 unspecified atom stereocenters. The van der Waals surface area contributed by atoms with Gasteiger partial charge in [0.1, 0.15) is 5.82 Å². The highest BCUT2D eigenvalue weighted by atomic mass is 19.1. The molecule has 3 nitrogen and oxygen atoms in total. The number of piperidine rings is 1. The summed E-state index contributed by atoms with van der Waals surface area (Å²) < 4.78 is 12.8. The topological polar surface area (TPSA) is 32.3 Å². The molecule has 0 spiro atoms. The number of likely N-dealkylation sites (tertiary alicyclic amines) is 1. The third-order valence-electron chi connectivity index (χ3n) is 3.96. The number of amides is 2. The van der Waals surface area contributed by atoms with Crippen LogP contribution in [0, 0.1) is 5.82 Å². The molecule has 1 aliphatic rings. The quantitative estimate of drug-likeness (QED) is 0.900. The van der Waals surface area contributed by atoms with Gasteiger partial charge >= 0.3 is 6.03 Å². The van der Waals surface area contributed by atoms with Gasteiger partial charge in [-0.2, -0.15) is 0 Å². The fourth-order valence-electron chi connectivity index (χ4n) is 2.76. The van der Waals surface area contributed by atoms with E-state index in [-0.39, 0.29) is 11.8 Å². The molecular weight excluding hydrogens is 255 g/mol. The summed E-state index contributed by atoms with van der Waals surface area (Å²) >= 11 is 0. The Balaban J connectivity index is 1.78. The van der Waals surface area contributed by atoms with Gasteiger partial charge in [-0.25, -0.2) is 9.18 Å². The number of nitrogens with one attached hydrogen (secondary N) is 1. The van der Waals surface area contributed by atoms with Crippen LogP contribution < -0.4 is 5.32 Å². The lowest BCUT2D eigenvalue weighted by molar-refractivity contribution is 0.149. The number of nitrogens with zero attached hydrogens (tertiary/aromatic N) is 1. The van der Waals surface area contributed by atoms with Gasteiger partial charge in [-0.3, -0.25) is 0 Å². The zero-order chi connectivity index (χ0) is 14.4. The Morgan fingerprint density at radius 1 is 1.35 bits per heavy atom. The van der Waals surface area contributed by atoms with Crippen LogP contribution in [0.2, 0.25) is 0 Å². The lowest BCUT2D eigenvalue weighted by Gasteiger charge is -2.35. The van der Waals surface area contributed by atoms with Crippen molar-refractivity contribution < 1.29 is 9.18 Å². The summed E-state index contributed by atoms with van der Waals surface area (Å²) in [6.07, 6.45) is 5.18. The van der Waals surface area contributed by atoms with Crippen LogP contribution in [0.5, 0.6) is 0 Å². The predicted molar refractivity (Wildman–Crippen MR) is 78.1 cm³/mol. The van der Waals surface area contributed by atoms with Crippen LogP contribution in [0.15, 0.2) is 24.3 Å². The second-order valence-electron chi connectivity index (χ2n) is 5.36. The van der Waals surface area contributed by atoms with Gasteiger partial charge in [-0.15, -0.1) is 0 Å². The molecule has 0 bridgehead atoms. The van der Waals surface area contributed by atoms with Gasteiger partial charge in [0, 0.05) is 19.1 Å². The minimum Gasteiger partial charge on any atom is -0.338 e. The second-order valence-corrected chi connectivity index (χ2v) is 5.36. The summed E-state index contributed by atoms with van der Waals surface area (Å²) in [6, 6.07) is 6.85. The molecular formula is C16H23FN2O. The number of rotatable bonds is 4. The number of benzene rings is 1. The minimum absolute atomic E-state index is 0.0404. The van der Waals surface area contributed by atoms with Crippen molar-refractivity contribution in [2.45, 2.75) is 45.1 Å². The number of carbonyl (C=O) groups excluding carboxylic acids is 1. The third kappa shape index (κ3) is 3.95. The summed E-state index contributed by atoms with van der Waals surface area (Å²) in [6.45, 7) is 3.59. The average Bonchev–Trinajstić information content (AvgIpc) is 2.49. The monoisotopic (exact) mass is 278 g/mol. The van der Waals surface area contributed by atoms with Gasteiger partial charge in [0.05, 0.1) is 0 Å². The molecule has 1 atom stereocenters. The zero-order valence-electron chi connectivity index (χ0n) is 12.1. The van der Waals surface area contributed by atoms with Crippen LogP contribution in [0.25, 0.3) is 0 Å². The van der Waals surface area contributed by atoms with Gasteiger partial charge in [0.2, 0.25) is 0 Å². The highest BCUT2D eigenvalue weighted by Crippen LogP contribution is 2.19. The standard InChI is InChI=1S/C16H23FN2O/c1-2-15-5-3-4-12-19(15)16(20)18-11-10-13-6-8-14(17)9-7-13/h6-9,15H,2-5,10-12H2,1H3,(H,18,20). The largest absolute Gasteiger partial charge is 0.338 e. The summed E-state index contributed by atoms with van der Waals surface area (Å²) in [4.78, 5) is 14.1. The van der Waals surface area contributed by atoms with Crippen LogP contribution >= 0.6 is 0 Å². The Kier molecular flexibility index (Phi) is 5.39. The van der Waals surface area contributed by atoms with Gasteiger partial charge in [0.15, 0.2) is 0 Å². The Bertz CT molecular complexity index is 433. The van der Waals surface area contributed by atoms with Gasteiger partial charge in [-0.05, 0) is 49.8 Å². The van der Waals surface area contributed by atoms with Gasteiger partial charge in [-0.1, -0.05) is 19.1 Å². The lowest BCUT2D eigenvalue weighted by atomic mass is 10.0. The molecule has 0 aromatic heterocycles. The summed E-state index contributed by atoms with van der Waals surface area (Å²) in [5.41, 5.74) is 1.04. The first-order valence-corrected chi connectivity index (χ1v) is 7.49. The lowest BCUT2D eigenvalue weighted by Crippen LogP contribution is -2.48. The van der Waals surface area contributed by atoms with Crippen LogP contribution in [0.4, 0.5) is 9.18 Å². The fraction of sp³-hybridized carbons (Fsp3) is 0.562. The third-order valence-corrected chi connectivity index (χ3v) is 3.96. The van der Waals surface area contributed by atoms with E-state index in [2.05, 4.69) is 12.2 Å². The normalized spacial score (nSPS) is 18.9. The maximum atomic E-state index is 12.8. The molecule has 1 aliphatic heterocycles. The molecule has 2 rings (SSSR count). The highest BCUT2D eigenvalue weighted by molar-refractivity contribution is 5.74. The van der Waals surface area contributed by atoms with E-state index in [0.717, 1.165) is 37.8 Å². The van der Waals surface area contributed by atoms with Crippen molar-refractivity contribution in [3.8, 4) is 0 Å². The summed E-state index contributed by atoms with van der Waals surface area (Å²) in [5.74, 6) is -0.225. The molecule has 1 saturated heterocycles. The smallest absolute Gasteiger partial charge is 0.317 e. The SMILES string of the molecule is CCC1CCCCN1C(=O)NCCc1ccc(F)cc1. The van der Waals surface area contributed by atoms with E-state index in [9.17, 15) is 9.18 Å². The van der Waals surface area contributed by atoms with Crippen LogP contribution in [0.3, 0.4) is 0 Å². The molecule has 1 aromatic rings. The van der Waals surface area contributed by atoms with Crippen molar-refractivity contribution in [1.29, 1.82) is 0 Å². The molecule has 1 heterocycles. The number of hydrogen-bond acceptors (Lipinski definition) is 1. The number of halogens is 1. The number of carbonyl (C=O) groups is 1. The van der Waals surface area contributed by atoms with Crippen LogP contribution in [-0.2, 0) is 6.42 Å². The molecule has 0 radical (unpaired) electrons. The van der Waals surface area contributed by atoms with Gasteiger partial charge in [0.25, 0.3) is 0 Å². The first kappa shape index (κ1) is 14.8. The molecule has 0 aliphatic carbocycles. The summed E-state index contributed by atoms with van der Waals surface area (Å²) in [7, 11) is 0. The van der Waals surface area contributed by atoms with Crippen molar-refractivity contribution >= 4 is 6.03 Å². The van der Waals surface area contributed by atoms with E-state index in [1.165, 1.54) is 18.6 Å². The molecule has 2 amide bonds.